The molecule has 0 aliphatic carbocycles. The van der Waals surface area contributed by atoms with E-state index in [-0.39, 0.29) is 11.9 Å². The van der Waals surface area contributed by atoms with Gasteiger partial charge in [0.15, 0.2) is 0 Å². The first-order valence-corrected chi connectivity index (χ1v) is 10.8. The van der Waals surface area contributed by atoms with Gasteiger partial charge in [0.25, 0.3) is 0 Å². The van der Waals surface area contributed by atoms with E-state index in [0.29, 0.717) is 5.75 Å². The average molecular weight is 406 g/mol. The molecule has 0 spiro atoms. The molecule has 2 heterocycles. The van der Waals surface area contributed by atoms with Gasteiger partial charge in [-0.3, -0.25) is 9.78 Å². The molecule has 4 rings (SSSR count). The Morgan fingerprint density at radius 2 is 1.89 bits per heavy atom. The Balaban J connectivity index is 1.35. The first-order valence-electron chi connectivity index (χ1n) is 8.96. The van der Waals surface area contributed by atoms with Crippen molar-refractivity contribution >= 4 is 39.8 Å². The minimum absolute atomic E-state index is 0.00585. The third-order valence-corrected chi connectivity index (χ3v) is 6.36. The van der Waals surface area contributed by atoms with Crippen molar-refractivity contribution in [3.63, 3.8) is 0 Å². The largest absolute Gasteiger partial charge is 0.346 e. The Bertz CT molecular complexity index is 1100. The van der Waals surface area contributed by atoms with E-state index in [1.807, 2.05) is 36.6 Å². The number of aromatic nitrogens is 2. The van der Waals surface area contributed by atoms with Gasteiger partial charge in [-0.15, -0.1) is 23.1 Å². The molecule has 140 valence electrons. The quantitative estimate of drug-likeness (QED) is 0.441. The van der Waals surface area contributed by atoms with Gasteiger partial charge in [-0.2, -0.15) is 0 Å². The monoisotopic (exact) mass is 405 g/mol. The summed E-state index contributed by atoms with van der Waals surface area (Å²) in [5.74, 6) is 0.386. The molecule has 0 bridgehead atoms. The average Bonchev–Trinajstić information content (AvgIpc) is 3.23. The molecule has 0 saturated heterocycles. The SMILES string of the molecule is CC(NC(=O)CSc1ccc2ccccc2c1)c1nc(-c2ccncc2)cs1. The summed E-state index contributed by atoms with van der Waals surface area (Å²) < 4.78 is 0. The number of hydrogen-bond donors (Lipinski definition) is 1. The van der Waals surface area contributed by atoms with Crippen molar-refractivity contribution in [2.75, 3.05) is 5.75 Å². The first-order chi connectivity index (χ1) is 13.7. The van der Waals surface area contributed by atoms with Crippen molar-refractivity contribution in [2.24, 2.45) is 0 Å². The van der Waals surface area contributed by atoms with Crippen molar-refractivity contribution in [1.82, 2.24) is 15.3 Å². The molecule has 0 saturated carbocycles. The second-order valence-electron chi connectivity index (χ2n) is 6.39. The predicted octanol–water partition coefficient (Wildman–Crippen LogP) is 5.33. The fourth-order valence-electron chi connectivity index (χ4n) is 2.89. The molecule has 2 aromatic carbocycles. The van der Waals surface area contributed by atoms with E-state index in [9.17, 15) is 4.79 Å². The van der Waals surface area contributed by atoms with Crippen LogP contribution < -0.4 is 5.32 Å². The summed E-state index contributed by atoms with van der Waals surface area (Å²) in [7, 11) is 0. The van der Waals surface area contributed by atoms with Gasteiger partial charge in [-0.05, 0) is 42.0 Å². The van der Waals surface area contributed by atoms with Crippen LogP contribution in [0.5, 0.6) is 0 Å². The number of fused-ring (bicyclic) bond motifs is 1. The molecule has 4 nitrogen and oxygen atoms in total. The number of nitrogens with zero attached hydrogens (tertiary/aromatic N) is 2. The van der Waals surface area contributed by atoms with Crippen molar-refractivity contribution in [2.45, 2.75) is 17.9 Å². The van der Waals surface area contributed by atoms with Crippen LogP contribution in [0.4, 0.5) is 0 Å². The first kappa shape index (κ1) is 18.7. The van der Waals surface area contributed by atoms with Crippen LogP contribution in [0.3, 0.4) is 0 Å². The van der Waals surface area contributed by atoms with E-state index in [4.69, 9.17) is 0 Å². The van der Waals surface area contributed by atoms with Crippen molar-refractivity contribution in [1.29, 1.82) is 0 Å². The number of thiazole rings is 1. The van der Waals surface area contributed by atoms with Gasteiger partial charge in [0, 0.05) is 28.2 Å². The summed E-state index contributed by atoms with van der Waals surface area (Å²) in [6.07, 6.45) is 3.51. The van der Waals surface area contributed by atoms with Crippen molar-refractivity contribution < 1.29 is 4.79 Å². The number of hydrogen-bond acceptors (Lipinski definition) is 5. The van der Waals surface area contributed by atoms with E-state index < -0.39 is 0 Å². The Labute approximate surface area is 172 Å². The van der Waals surface area contributed by atoms with E-state index >= 15 is 0 Å². The Morgan fingerprint density at radius 1 is 1.11 bits per heavy atom. The highest BCUT2D eigenvalue weighted by Gasteiger charge is 2.14. The molecule has 6 heteroatoms. The minimum atomic E-state index is -0.120. The summed E-state index contributed by atoms with van der Waals surface area (Å²) in [6, 6.07) is 18.3. The lowest BCUT2D eigenvalue weighted by Crippen LogP contribution is -2.28. The second-order valence-corrected chi connectivity index (χ2v) is 8.33. The Hall–Kier alpha value is -2.70. The minimum Gasteiger partial charge on any atom is -0.346 e. The van der Waals surface area contributed by atoms with E-state index in [1.165, 1.54) is 10.8 Å². The summed E-state index contributed by atoms with van der Waals surface area (Å²) in [6.45, 7) is 1.97. The van der Waals surface area contributed by atoms with Crippen LogP contribution in [0.15, 0.2) is 77.3 Å². The molecule has 1 unspecified atom stereocenters. The van der Waals surface area contributed by atoms with Gasteiger partial charge >= 0.3 is 0 Å². The molecule has 2 aromatic heterocycles. The topological polar surface area (TPSA) is 54.9 Å². The highest BCUT2D eigenvalue weighted by Crippen LogP contribution is 2.26. The maximum atomic E-state index is 12.4. The van der Waals surface area contributed by atoms with Crippen LogP contribution >= 0.6 is 23.1 Å². The van der Waals surface area contributed by atoms with Gasteiger partial charge < -0.3 is 5.32 Å². The zero-order valence-corrected chi connectivity index (χ0v) is 17.0. The number of benzene rings is 2. The molecule has 1 amide bonds. The number of thioether (sulfide) groups is 1. The number of carbonyl (C=O) groups excluding carboxylic acids is 1. The summed E-state index contributed by atoms with van der Waals surface area (Å²) in [4.78, 5) is 22.2. The third kappa shape index (κ3) is 4.40. The maximum Gasteiger partial charge on any atom is 0.230 e. The number of amides is 1. The summed E-state index contributed by atoms with van der Waals surface area (Å²) in [5.41, 5.74) is 1.94. The standard InChI is InChI=1S/C22H19N3OS2/c1-15(22-25-20(13-28-22)17-8-10-23-11-9-17)24-21(26)14-27-19-7-6-16-4-2-3-5-18(16)12-19/h2-13,15H,14H2,1H3,(H,24,26). The molecule has 0 fully saturated rings. The Kier molecular flexibility index (Phi) is 5.69. The van der Waals surface area contributed by atoms with Crippen molar-refractivity contribution in [3.8, 4) is 11.3 Å². The van der Waals surface area contributed by atoms with Crippen LogP contribution in [0.25, 0.3) is 22.0 Å². The van der Waals surface area contributed by atoms with Crippen LogP contribution in [-0.2, 0) is 4.79 Å². The van der Waals surface area contributed by atoms with Gasteiger partial charge in [-0.25, -0.2) is 4.98 Å². The van der Waals surface area contributed by atoms with E-state index in [0.717, 1.165) is 21.2 Å². The lowest BCUT2D eigenvalue weighted by molar-refractivity contribution is -0.119. The molecule has 0 aliphatic heterocycles. The van der Waals surface area contributed by atoms with E-state index in [1.54, 1.807) is 35.5 Å². The maximum absolute atomic E-state index is 12.4. The summed E-state index contributed by atoms with van der Waals surface area (Å²) >= 11 is 3.10. The molecular formula is C22H19N3OS2. The number of rotatable bonds is 6. The van der Waals surface area contributed by atoms with E-state index in [2.05, 4.69) is 45.6 Å². The molecule has 0 radical (unpaired) electrons. The van der Waals surface area contributed by atoms with Gasteiger partial charge in [-0.1, -0.05) is 30.3 Å². The highest BCUT2D eigenvalue weighted by atomic mass is 32.2. The molecule has 28 heavy (non-hydrogen) atoms. The van der Waals surface area contributed by atoms with Gasteiger partial charge in [0.2, 0.25) is 5.91 Å². The number of carbonyl (C=O) groups is 1. The fourth-order valence-corrected chi connectivity index (χ4v) is 4.48. The molecule has 1 N–H and O–H groups in total. The molecule has 1 atom stereocenters. The Morgan fingerprint density at radius 3 is 2.71 bits per heavy atom. The highest BCUT2D eigenvalue weighted by molar-refractivity contribution is 8.00. The molecule has 0 aliphatic rings. The molecular weight excluding hydrogens is 386 g/mol. The van der Waals surface area contributed by atoms with Gasteiger partial charge in [0.05, 0.1) is 17.5 Å². The van der Waals surface area contributed by atoms with Crippen molar-refractivity contribution in [3.05, 3.63) is 77.4 Å². The summed E-state index contributed by atoms with van der Waals surface area (Å²) in [5, 5.41) is 8.35. The van der Waals surface area contributed by atoms with Crippen LogP contribution in [0, 0.1) is 0 Å². The zero-order valence-electron chi connectivity index (χ0n) is 15.3. The fraction of sp³-hybridized carbons (Fsp3) is 0.136. The second kappa shape index (κ2) is 8.54. The lowest BCUT2D eigenvalue weighted by Gasteiger charge is -2.11. The van der Waals surface area contributed by atoms with Crippen LogP contribution in [0.2, 0.25) is 0 Å². The zero-order chi connectivity index (χ0) is 19.3. The predicted molar refractivity (Wildman–Crippen MR) is 117 cm³/mol. The number of nitrogens with one attached hydrogen (secondary N) is 1. The van der Waals surface area contributed by atoms with Crippen LogP contribution in [-0.4, -0.2) is 21.6 Å². The number of pyridine rings is 1. The lowest BCUT2D eigenvalue weighted by atomic mass is 10.1. The van der Waals surface area contributed by atoms with Gasteiger partial charge in [0.1, 0.15) is 5.01 Å². The third-order valence-electron chi connectivity index (χ3n) is 4.34. The normalized spacial score (nSPS) is 12.0. The smallest absolute Gasteiger partial charge is 0.230 e. The molecule has 4 aromatic rings. The van der Waals surface area contributed by atoms with Crippen LogP contribution in [0.1, 0.15) is 18.0 Å².